The molecule has 0 saturated heterocycles. The fourth-order valence-electron chi connectivity index (χ4n) is 0.814. The quantitative estimate of drug-likeness (QED) is 0.394. The molecular formula is C10H14NNaO3. The summed E-state index contributed by atoms with van der Waals surface area (Å²) in [6, 6.07) is 0. The molecule has 0 aromatic carbocycles. The summed E-state index contributed by atoms with van der Waals surface area (Å²) in [5, 5.41) is 8.31. The van der Waals surface area contributed by atoms with Crippen LogP contribution in [0.25, 0.3) is 0 Å². The molecule has 78 valence electrons. The number of carboxylic acids is 1. The maximum absolute atomic E-state index is 11.3. The van der Waals surface area contributed by atoms with E-state index in [0.717, 1.165) is 12.2 Å². The van der Waals surface area contributed by atoms with Crippen molar-refractivity contribution in [2.45, 2.75) is 0 Å². The third-order valence-electron chi connectivity index (χ3n) is 1.38. The molecule has 0 heterocycles. The maximum atomic E-state index is 11.3. The van der Waals surface area contributed by atoms with E-state index < -0.39 is 5.97 Å². The summed E-state index contributed by atoms with van der Waals surface area (Å²) in [5.41, 5.74) is 0. The molecule has 0 aliphatic carbocycles. The van der Waals surface area contributed by atoms with Gasteiger partial charge in [-0.05, 0) is 0 Å². The fraction of sp³-hybridized carbons (Fsp3) is 0.200. The third-order valence-corrected chi connectivity index (χ3v) is 1.38. The van der Waals surface area contributed by atoms with Crippen molar-refractivity contribution in [2.24, 2.45) is 0 Å². The first-order valence-electron chi connectivity index (χ1n) is 4.03. The van der Waals surface area contributed by atoms with E-state index in [2.05, 4.69) is 13.2 Å². The standard InChI is InChI=1S/C10H13NO3.Na.H/c1-3-7-11(8-4-2)9(12)5-6-10(13)14;;/h3-6H,1-2,7-8H2,(H,13,14);;/b6-5-;;. The Labute approximate surface area is 111 Å². The molecule has 0 aromatic heterocycles. The molecule has 1 N–H and O–H groups in total. The van der Waals surface area contributed by atoms with E-state index in [0.29, 0.717) is 13.1 Å². The van der Waals surface area contributed by atoms with Crippen molar-refractivity contribution >= 4 is 41.4 Å². The van der Waals surface area contributed by atoms with Gasteiger partial charge in [0.15, 0.2) is 0 Å². The summed E-state index contributed by atoms with van der Waals surface area (Å²) in [4.78, 5) is 22.9. The summed E-state index contributed by atoms with van der Waals surface area (Å²) in [6.07, 6.45) is 4.95. The van der Waals surface area contributed by atoms with Crippen LogP contribution in [0.1, 0.15) is 0 Å². The van der Waals surface area contributed by atoms with E-state index in [-0.39, 0.29) is 35.5 Å². The Kier molecular flexibility index (Phi) is 10.7. The predicted octanol–water partition coefficient (Wildman–Crippen LogP) is 0.179. The number of carboxylic acid groups (broad SMARTS) is 1. The summed E-state index contributed by atoms with van der Waals surface area (Å²) >= 11 is 0. The van der Waals surface area contributed by atoms with E-state index in [1.165, 1.54) is 4.90 Å². The normalized spacial score (nSPS) is 9.07. The zero-order valence-electron chi connectivity index (χ0n) is 7.85. The van der Waals surface area contributed by atoms with E-state index in [1.54, 1.807) is 12.2 Å². The number of nitrogens with zero attached hydrogens (tertiary/aromatic N) is 1. The molecule has 0 aromatic rings. The van der Waals surface area contributed by atoms with Gasteiger partial charge in [-0.2, -0.15) is 0 Å². The van der Waals surface area contributed by atoms with Crippen LogP contribution in [0.4, 0.5) is 0 Å². The second-order valence-corrected chi connectivity index (χ2v) is 2.49. The summed E-state index contributed by atoms with van der Waals surface area (Å²) in [5.74, 6) is -1.51. The van der Waals surface area contributed by atoms with Gasteiger partial charge in [-0.15, -0.1) is 13.2 Å². The summed E-state index contributed by atoms with van der Waals surface area (Å²) in [7, 11) is 0. The van der Waals surface area contributed by atoms with Crippen LogP contribution in [0.3, 0.4) is 0 Å². The number of aliphatic carboxylic acids is 1. The van der Waals surface area contributed by atoms with Crippen LogP contribution in [0.5, 0.6) is 0 Å². The summed E-state index contributed by atoms with van der Waals surface area (Å²) < 4.78 is 0. The first-order chi connectivity index (χ1) is 6.61. The number of rotatable bonds is 6. The first-order valence-corrected chi connectivity index (χ1v) is 4.03. The van der Waals surface area contributed by atoms with Crippen LogP contribution in [0.15, 0.2) is 37.5 Å². The molecule has 4 nitrogen and oxygen atoms in total. The van der Waals surface area contributed by atoms with Crippen molar-refractivity contribution in [2.75, 3.05) is 13.1 Å². The number of hydrogen-bond acceptors (Lipinski definition) is 2. The topological polar surface area (TPSA) is 57.6 Å². The average Bonchev–Trinajstić information content (AvgIpc) is 2.14. The van der Waals surface area contributed by atoms with Crippen LogP contribution >= 0.6 is 0 Å². The molecule has 5 heteroatoms. The van der Waals surface area contributed by atoms with E-state index in [4.69, 9.17) is 5.11 Å². The van der Waals surface area contributed by atoms with Crippen molar-refractivity contribution in [3.05, 3.63) is 37.5 Å². The van der Waals surface area contributed by atoms with Crippen molar-refractivity contribution in [1.29, 1.82) is 0 Å². The van der Waals surface area contributed by atoms with E-state index in [9.17, 15) is 9.59 Å². The SMILES string of the molecule is C=CCN(CC=C)C(=O)/C=C\C(=O)O.[NaH]. The predicted molar refractivity (Wildman–Crippen MR) is 60.9 cm³/mol. The second kappa shape index (κ2) is 9.71. The van der Waals surface area contributed by atoms with Crippen LogP contribution in [-0.4, -0.2) is 64.5 Å². The van der Waals surface area contributed by atoms with Crippen LogP contribution < -0.4 is 0 Å². The zero-order chi connectivity index (χ0) is 11.0. The first kappa shape index (κ1) is 16.6. The van der Waals surface area contributed by atoms with Gasteiger partial charge in [-0.3, -0.25) is 4.79 Å². The molecule has 0 atom stereocenters. The summed E-state index contributed by atoms with van der Waals surface area (Å²) in [6.45, 7) is 7.72. The molecule has 0 fully saturated rings. The molecule has 0 saturated carbocycles. The molecule has 0 radical (unpaired) electrons. The Bertz CT molecular complexity index is 264. The Morgan fingerprint density at radius 3 is 1.93 bits per heavy atom. The van der Waals surface area contributed by atoms with Crippen LogP contribution in [0, 0.1) is 0 Å². The molecule has 0 bridgehead atoms. The number of carbonyl (C=O) groups excluding carboxylic acids is 1. The molecular weight excluding hydrogens is 205 g/mol. The van der Waals surface area contributed by atoms with Gasteiger partial charge in [-0.1, -0.05) is 12.2 Å². The molecule has 0 aliphatic rings. The van der Waals surface area contributed by atoms with E-state index >= 15 is 0 Å². The minimum absolute atomic E-state index is 0. The van der Waals surface area contributed by atoms with Gasteiger partial charge in [0.05, 0.1) is 0 Å². The fourth-order valence-corrected chi connectivity index (χ4v) is 0.814. The van der Waals surface area contributed by atoms with Crippen molar-refractivity contribution in [1.82, 2.24) is 4.90 Å². The Hall–Kier alpha value is -0.840. The zero-order valence-corrected chi connectivity index (χ0v) is 7.85. The van der Waals surface area contributed by atoms with Gasteiger partial charge < -0.3 is 10.0 Å². The van der Waals surface area contributed by atoms with Gasteiger partial charge in [0, 0.05) is 25.2 Å². The average molecular weight is 219 g/mol. The third kappa shape index (κ3) is 8.17. The van der Waals surface area contributed by atoms with Gasteiger partial charge in [-0.25, -0.2) is 4.79 Å². The molecule has 0 aliphatic heterocycles. The molecule has 0 unspecified atom stereocenters. The van der Waals surface area contributed by atoms with Crippen LogP contribution in [-0.2, 0) is 9.59 Å². The van der Waals surface area contributed by atoms with Crippen LogP contribution in [0.2, 0.25) is 0 Å². The van der Waals surface area contributed by atoms with Crippen molar-refractivity contribution < 1.29 is 14.7 Å². The monoisotopic (exact) mass is 219 g/mol. The van der Waals surface area contributed by atoms with Crippen molar-refractivity contribution in [3.63, 3.8) is 0 Å². The van der Waals surface area contributed by atoms with E-state index in [1.807, 2.05) is 0 Å². The number of hydrogen-bond donors (Lipinski definition) is 1. The Morgan fingerprint density at radius 2 is 1.60 bits per heavy atom. The molecule has 0 spiro atoms. The molecule has 15 heavy (non-hydrogen) atoms. The second-order valence-electron chi connectivity index (χ2n) is 2.49. The molecule has 1 amide bonds. The van der Waals surface area contributed by atoms with Gasteiger partial charge in [0.2, 0.25) is 5.91 Å². The number of amides is 1. The Morgan fingerprint density at radius 1 is 1.13 bits per heavy atom. The van der Waals surface area contributed by atoms with Gasteiger partial charge in [0.1, 0.15) is 0 Å². The molecule has 0 rings (SSSR count). The minimum atomic E-state index is -1.14. The number of carbonyl (C=O) groups is 2. The van der Waals surface area contributed by atoms with Gasteiger partial charge in [0.25, 0.3) is 0 Å². The van der Waals surface area contributed by atoms with Crippen molar-refractivity contribution in [3.8, 4) is 0 Å². The Balaban J connectivity index is 0. The van der Waals surface area contributed by atoms with Gasteiger partial charge >= 0.3 is 35.5 Å².